The number of amides is 1. The van der Waals surface area contributed by atoms with Gasteiger partial charge in [-0.2, -0.15) is 0 Å². The van der Waals surface area contributed by atoms with Gasteiger partial charge in [0.2, 0.25) is 5.91 Å². The Balaban J connectivity index is 1.61. The van der Waals surface area contributed by atoms with Gasteiger partial charge in [-0.05, 0) is 26.8 Å². The lowest BCUT2D eigenvalue weighted by molar-refractivity contribution is -0.132. The predicted molar refractivity (Wildman–Crippen MR) is 95.7 cm³/mol. The Hall–Kier alpha value is -2.27. The molecule has 5 nitrogen and oxygen atoms in total. The molecule has 1 aliphatic carbocycles. The monoisotopic (exact) mass is 340 g/mol. The predicted octanol–water partition coefficient (Wildman–Crippen LogP) is 2.33. The number of hydrogen-bond donors (Lipinski definition) is 0. The quantitative estimate of drug-likeness (QED) is 0.844. The molecule has 0 N–H and O–H groups in total. The lowest BCUT2D eigenvalue weighted by atomic mass is 9.83. The summed E-state index contributed by atoms with van der Waals surface area (Å²) in [6.45, 7) is 5.05. The highest BCUT2D eigenvalue weighted by Crippen LogP contribution is 2.28. The minimum atomic E-state index is -0.0735. The van der Waals surface area contributed by atoms with Crippen LogP contribution in [-0.2, 0) is 4.79 Å². The molecule has 0 atom stereocenters. The van der Waals surface area contributed by atoms with Crippen molar-refractivity contribution in [2.75, 3.05) is 33.2 Å². The molecule has 1 saturated heterocycles. The maximum atomic E-state index is 12.7. The van der Waals surface area contributed by atoms with E-state index in [2.05, 4.69) is 11.9 Å². The first-order valence-electron chi connectivity index (χ1n) is 8.83. The van der Waals surface area contributed by atoms with Crippen LogP contribution in [-0.4, -0.2) is 60.5 Å². The van der Waals surface area contributed by atoms with Crippen molar-refractivity contribution in [3.05, 3.63) is 46.5 Å². The smallest absolute Gasteiger partial charge is 0.222 e. The maximum absolute atomic E-state index is 12.7. The minimum Gasteiger partial charge on any atom is -0.340 e. The number of benzene rings is 1. The number of carbonyl (C=O) groups excluding carboxylic acids is 3. The molecule has 0 spiro atoms. The van der Waals surface area contributed by atoms with Crippen LogP contribution in [0.25, 0.3) is 0 Å². The van der Waals surface area contributed by atoms with Crippen LogP contribution in [0, 0.1) is 0 Å². The molecule has 3 rings (SSSR count). The van der Waals surface area contributed by atoms with Crippen molar-refractivity contribution < 1.29 is 14.4 Å². The first-order valence-corrected chi connectivity index (χ1v) is 8.83. The summed E-state index contributed by atoms with van der Waals surface area (Å²) in [6.07, 6.45) is 1.49. The minimum absolute atomic E-state index is 0.0697. The van der Waals surface area contributed by atoms with Crippen LogP contribution in [0.3, 0.4) is 0 Å². The van der Waals surface area contributed by atoms with Crippen molar-refractivity contribution in [1.29, 1.82) is 0 Å². The van der Waals surface area contributed by atoms with E-state index in [1.165, 1.54) is 0 Å². The summed E-state index contributed by atoms with van der Waals surface area (Å²) in [5, 5.41) is 0. The van der Waals surface area contributed by atoms with Crippen molar-refractivity contribution in [3.63, 3.8) is 0 Å². The van der Waals surface area contributed by atoms with E-state index in [0.717, 1.165) is 26.2 Å². The van der Waals surface area contributed by atoms with E-state index in [9.17, 15) is 14.4 Å². The Labute approximate surface area is 148 Å². The second-order valence-corrected chi connectivity index (χ2v) is 6.85. The van der Waals surface area contributed by atoms with E-state index in [1.807, 2.05) is 4.90 Å². The Morgan fingerprint density at radius 3 is 2.24 bits per heavy atom. The highest BCUT2D eigenvalue weighted by atomic mass is 16.2. The van der Waals surface area contributed by atoms with Crippen molar-refractivity contribution in [2.24, 2.45) is 0 Å². The van der Waals surface area contributed by atoms with Gasteiger partial charge in [0.05, 0.1) is 0 Å². The molecule has 0 aromatic heterocycles. The van der Waals surface area contributed by atoms with E-state index in [1.54, 1.807) is 31.2 Å². The maximum Gasteiger partial charge on any atom is 0.222 e. The average Bonchev–Trinajstić information content (AvgIpc) is 2.63. The topological polar surface area (TPSA) is 57.7 Å². The fraction of sp³-hybridized carbons (Fsp3) is 0.450. The van der Waals surface area contributed by atoms with E-state index in [4.69, 9.17) is 0 Å². The molecule has 1 amide bonds. The van der Waals surface area contributed by atoms with E-state index < -0.39 is 0 Å². The SMILES string of the molecule is CC1=C(CCCC(=O)N2CCN(C)CC2)C(=O)c2ccccc2C1=O. The number of allylic oxidation sites excluding steroid dienone is 2. The summed E-state index contributed by atoms with van der Waals surface area (Å²) in [5.41, 5.74) is 2.06. The summed E-state index contributed by atoms with van der Waals surface area (Å²) < 4.78 is 0. The van der Waals surface area contributed by atoms with Crippen LogP contribution >= 0.6 is 0 Å². The molecule has 1 fully saturated rings. The normalized spacial score (nSPS) is 18.6. The number of carbonyl (C=O) groups is 3. The fourth-order valence-electron chi connectivity index (χ4n) is 3.48. The molecule has 1 aromatic carbocycles. The Morgan fingerprint density at radius 1 is 1.00 bits per heavy atom. The third-order valence-electron chi connectivity index (χ3n) is 5.16. The lowest BCUT2D eigenvalue weighted by Gasteiger charge is -2.32. The van der Waals surface area contributed by atoms with Gasteiger partial charge in [-0.15, -0.1) is 0 Å². The van der Waals surface area contributed by atoms with Crippen molar-refractivity contribution in [3.8, 4) is 0 Å². The molecule has 1 aliphatic heterocycles. The number of piperazine rings is 1. The zero-order chi connectivity index (χ0) is 18.0. The average molecular weight is 340 g/mol. The Bertz CT molecular complexity index is 743. The van der Waals surface area contributed by atoms with Crippen molar-refractivity contribution in [1.82, 2.24) is 9.80 Å². The van der Waals surface area contributed by atoms with Crippen LogP contribution in [0.2, 0.25) is 0 Å². The van der Waals surface area contributed by atoms with Crippen LogP contribution in [0.4, 0.5) is 0 Å². The van der Waals surface area contributed by atoms with Crippen LogP contribution in [0.1, 0.15) is 46.9 Å². The molecule has 1 heterocycles. The van der Waals surface area contributed by atoms with Gasteiger partial charge < -0.3 is 9.80 Å². The lowest BCUT2D eigenvalue weighted by Crippen LogP contribution is -2.47. The van der Waals surface area contributed by atoms with Gasteiger partial charge in [0, 0.05) is 54.9 Å². The molecule has 0 bridgehead atoms. The Morgan fingerprint density at radius 2 is 1.60 bits per heavy atom. The molecule has 0 unspecified atom stereocenters. The first-order chi connectivity index (χ1) is 12.0. The second-order valence-electron chi connectivity index (χ2n) is 6.85. The highest BCUT2D eigenvalue weighted by molar-refractivity contribution is 6.26. The van der Waals surface area contributed by atoms with Gasteiger partial charge in [0.15, 0.2) is 11.6 Å². The van der Waals surface area contributed by atoms with Crippen molar-refractivity contribution >= 4 is 17.5 Å². The second kappa shape index (κ2) is 7.31. The number of likely N-dealkylation sites (N-methyl/N-ethyl adjacent to an activating group) is 1. The number of ketones is 2. The van der Waals surface area contributed by atoms with Gasteiger partial charge in [-0.25, -0.2) is 0 Å². The summed E-state index contributed by atoms with van der Waals surface area (Å²) in [5.74, 6) is -0.00308. The van der Waals surface area contributed by atoms with Gasteiger partial charge in [-0.1, -0.05) is 24.3 Å². The Kier molecular flexibility index (Phi) is 5.13. The van der Waals surface area contributed by atoms with Crippen molar-refractivity contribution in [2.45, 2.75) is 26.2 Å². The number of Topliss-reactive ketones (excluding diaryl/α,β-unsaturated/α-hetero) is 2. The first kappa shape index (κ1) is 17.5. The molecule has 1 aromatic rings. The highest BCUT2D eigenvalue weighted by Gasteiger charge is 2.29. The zero-order valence-corrected chi connectivity index (χ0v) is 14.9. The van der Waals surface area contributed by atoms with Gasteiger partial charge in [0.1, 0.15) is 0 Å². The van der Waals surface area contributed by atoms with E-state index in [0.29, 0.717) is 41.5 Å². The molecule has 2 aliphatic rings. The largest absolute Gasteiger partial charge is 0.340 e. The fourth-order valence-corrected chi connectivity index (χ4v) is 3.48. The molecular weight excluding hydrogens is 316 g/mol. The number of fused-ring (bicyclic) bond motifs is 1. The number of rotatable bonds is 4. The molecule has 5 heteroatoms. The standard InChI is InChI=1S/C20H24N2O3/c1-14-15(20(25)17-7-4-3-6-16(17)19(14)24)8-5-9-18(23)22-12-10-21(2)11-13-22/h3-4,6-7H,5,8-13H2,1-2H3. The molecule has 25 heavy (non-hydrogen) atoms. The van der Waals surface area contributed by atoms with E-state index >= 15 is 0 Å². The van der Waals surface area contributed by atoms with Gasteiger partial charge >= 0.3 is 0 Å². The van der Waals surface area contributed by atoms with Gasteiger partial charge in [-0.3, -0.25) is 14.4 Å². The molecular formula is C20H24N2O3. The summed E-state index contributed by atoms with van der Waals surface area (Å²) >= 11 is 0. The summed E-state index contributed by atoms with van der Waals surface area (Å²) in [6, 6.07) is 6.96. The summed E-state index contributed by atoms with van der Waals surface area (Å²) in [4.78, 5) is 41.5. The summed E-state index contributed by atoms with van der Waals surface area (Å²) in [7, 11) is 2.06. The van der Waals surface area contributed by atoms with E-state index in [-0.39, 0.29) is 17.5 Å². The molecule has 0 radical (unpaired) electrons. The van der Waals surface area contributed by atoms with Crippen LogP contribution in [0.15, 0.2) is 35.4 Å². The number of hydrogen-bond acceptors (Lipinski definition) is 4. The molecule has 132 valence electrons. The number of nitrogens with zero attached hydrogens (tertiary/aromatic N) is 2. The zero-order valence-electron chi connectivity index (χ0n) is 14.9. The van der Waals surface area contributed by atoms with Crippen LogP contribution in [0.5, 0.6) is 0 Å². The third-order valence-corrected chi connectivity index (χ3v) is 5.16. The van der Waals surface area contributed by atoms with Crippen LogP contribution < -0.4 is 0 Å². The van der Waals surface area contributed by atoms with Gasteiger partial charge in [0.25, 0.3) is 0 Å². The third kappa shape index (κ3) is 3.56. The molecule has 0 saturated carbocycles.